The largest absolute Gasteiger partial charge is 0.378 e. The van der Waals surface area contributed by atoms with Gasteiger partial charge in [0, 0.05) is 37.3 Å². The lowest BCUT2D eigenvalue weighted by molar-refractivity contribution is -0.119. The summed E-state index contributed by atoms with van der Waals surface area (Å²) in [6.07, 6.45) is 1.59. The first-order valence-electron chi connectivity index (χ1n) is 8.81. The van der Waals surface area contributed by atoms with Crippen LogP contribution < -0.4 is 10.2 Å². The summed E-state index contributed by atoms with van der Waals surface area (Å²) in [7, 11) is 4.02. The number of amides is 1. The number of rotatable bonds is 4. The molecule has 1 aliphatic carbocycles. The number of anilines is 2. The Balaban J connectivity index is 1.46. The molecule has 2 N–H and O–H groups in total. The van der Waals surface area contributed by atoms with Crippen LogP contribution in [0.1, 0.15) is 11.1 Å². The summed E-state index contributed by atoms with van der Waals surface area (Å²) >= 11 is 0. The average molecular weight is 346 g/mol. The number of H-pyrrole nitrogens is 1. The lowest BCUT2D eigenvalue weighted by atomic mass is 10.1. The SMILES string of the molecule is CN(C)c1cccc(-c2cc(NC(=O)C3Cc4ccccc4C3)n[nH]2)c1. The Labute approximate surface area is 153 Å². The van der Waals surface area contributed by atoms with Crippen LogP contribution in [0.2, 0.25) is 0 Å². The molecule has 4 rings (SSSR count). The van der Waals surface area contributed by atoms with Crippen molar-refractivity contribution in [2.45, 2.75) is 12.8 Å². The van der Waals surface area contributed by atoms with Crippen LogP contribution in [0.25, 0.3) is 11.3 Å². The minimum absolute atomic E-state index is 0.0235. The van der Waals surface area contributed by atoms with Gasteiger partial charge in [0.05, 0.1) is 5.69 Å². The summed E-state index contributed by atoms with van der Waals surface area (Å²) in [5.74, 6) is 0.571. The van der Waals surface area contributed by atoms with Gasteiger partial charge in [-0.3, -0.25) is 9.89 Å². The Hall–Kier alpha value is -3.08. The lowest BCUT2D eigenvalue weighted by Crippen LogP contribution is -2.23. The van der Waals surface area contributed by atoms with Gasteiger partial charge >= 0.3 is 0 Å². The highest BCUT2D eigenvalue weighted by molar-refractivity contribution is 5.93. The summed E-state index contributed by atoms with van der Waals surface area (Å²) in [5, 5.41) is 10.2. The number of nitrogens with zero attached hydrogens (tertiary/aromatic N) is 2. The number of carbonyl (C=O) groups excluding carboxylic acids is 1. The van der Waals surface area contributed by atoms with E-state index >= 15 is 0 Å². The van der Waals surface area contributed by atoms with E-state index in [0.717, 1.165) is 29.8 Å². The van der Waals surface area contributed by atoms with Gasteiger partial charge in [0.15, 0.2) is 5.82 Å². The van der Waals surface area contributed by atoms with E-state index in [4.69, 9.17) is 0 Å². The number of aromatic amines is 1. The van der Waals surface area contributed by atoms with E-state index in [1.165, 1.54) is 11.1 Å². The van der Waals surface area contributed by atoms with Crippen LogP contribution in [-0.2, 0) is 17.6 Å². The molecule has 0 saturated carbocycles. The molecule has 0 spiro atoms. The molecule has 1 aliphatic rings. The van der Waals surface area contributed by atoms with Crippen molar-refractivity contribution in [2.24, 2.45) is 5.92 Å². The third kappa shape index (κ3) is 3.20. The smallest absolute Gasteiger partial charge is 0.229 e. The highest BCUT2D eigenvalue weighted by atomic mass is 16.2. The second-order valence-electron chi connectivity index (χ2n) is 6.97. The topological polar surface area (TPSA) is 61.0 Å². The monoisotopic (exact) mass is 346 g/mol. The highest BCUT2D eigenvalue weighted by Crippen LogP contribution is 2.28. The van der Waals surface area contributed by atoms with E-state index < -0.39 is 0 Å². The zero-order chi connectivity index (χ0) is 18.1. The van der Waals surface area contributed by atoms with Gasteiger partial charge in [-0.25, -0.2) is 0 Å². The van der Waals surface area contributed by atoms with Crippen LogP contribution in [0, 0.1) is 5.92 Å². The molecular formula is C21H22N4O. The van der Waals surface area contributed by atoms with Crippen molar-refractivity contribution in [1.29, 1.82) is 0 Å². The molecule has 132 valence electrons. The Morgan fingerprint density at radius 3 is 2.50 bits per heavy atom. The summed E-state index contributed by atoms with van der Waals surface area (Å²) in [5.41, 5.74) is 5.59. The Kier molecular flexibility index (Phi) is 4.21. The second-order valence-corrected chi connectivity index (χ2v) is 6.97. The molecule has 1 heterocycles. The summed E-state index contributed by atoms with van der Waals surface area (Å²) in [6.45, 7) is 0. The zero-order valence-electron chi connectivity index (χ0n) is 15.0. The minimum atomic E-state index is -0.0235. The van der Waals surface area contributed by atoms with Crippen molar-refractivity contribution >= 4 is 17.4 Å². The molecule has 2 aromatic carbocycles. The van der Waals surface area contributed by atoms with Crippen LogP contribution >= 0.6 is 0 Å². The Morgan fingerprint density at radius 2 is 1.81 bits per heavy atom. The summed E-state index contributed by atoms with van der Waals surface area (Å²) in [4.78, 5) is 14.7. The Bertz CT molecular complexity index is 919. The fourth-order valence-corrected chi connectivity index (χ4v) is 3.46. The zero-order valence-corrected chi connectivity index (χ0v) is 15.0. The number of hydrogen-bond donors (Lipinski definition) is 2. The van der Waals surface area contributed by atoms with Crippen molar-refractivity contribution in [2.75, 3.05) is 24.3 Å². The number of hydrogen-bond acceptors (Lipinski definition) is 3. The third-order valence-electron chi connectivity index (χ3n) is 4.92. The fourth-order valence-electron chi connectivity index (χ4n) is 3.46. The average Bonchev–Trinajstić information content (AvgIpc) is 3.28. The molecule has 0 bridgehead atoms. The normalized spacial score (nSPS) is 13.5. The number of aromatic nitrogens is 2. The van der Waals surface area contributed by atoms with E-state index in [1.54, 1.807) is 0 Å². The van der Waals surface area contributed by atoms with Crippen molar-refractivity contribution in [3.05, 3.63) is 65.7 Å². The molecule has 3 aromatic rings. The van der Waals surface area contributed by atoms with Crippen LogP contribution in [-0.4, -0.2) is 30.2 Å². The molecule has 5 heteroatoms. The third-order valence-corrected chi connectivity index (χ3v) is 4.92. The maximum absolute atomic E-state index is 12.6. The first kappa shape index (κ1) is 16.4. The van der Waals surface area contributed by atoms with Crippen LogP contribution in [0.4, 0.5) is 11.5 Å². The summed E-state index contributed by atoms with van der Waals surface area (Å²) < 4.78 is 0. The van der Waals surface area contributed by atoms with Crippen molar-refractivity contribution in [3.8, 4) is 11.3 Å². The van der Waals surface area contributed by atoms with Gasteiger partial charge in [0.25, 0.3) is 0 Å². The maximum Gasteiger partial charge on any atom is 0.229 e. The van der Waals surface area contributed by atoms with E-state index in [1.807, 2.05) is 44.4 Å². The van der Waals surface area contributed by atoms with Gasteiger partial charge in [-0.1, -0.05) is 36.4 Å². The number of nitrogens with one attached hydrogen (secondary N) is 2. The van der Waals surface area contributed by atoms with Gasteiger partial charge < -0.3 is 10.2 Å². The number of benzene rings is 2. The Morgan fingerprint density at radius 1 is 1.08 bits per heavy atom. The molecule has 0 unspecified atom stereocenters. The van der Waals surface area contributed by atoms with Crippen LogP contribution in [0.5, 0.6) is 0 Å². The predicted octanol–water partition coefficient (Wildman–Crippen LogP) is 3.50. The van der Waals surface area contributed by atoms with Gasteiger partial charge in [-0.05, 0) is 36.1 Å². The standard InChI is InChI=1S/C21H22N4O/c1-25(2)18-9-5-8-16(12-18)19-13-20(24-23-19)22-21(26)17-10-14-6-3-4-7-15(14)11-17/h3-9,12-13,17H,10-11H2,1-2H3,(H2,22,23,24,26). The fraction of sp³-hybridized carbons (Fsp3) is 0.238. The molecule has 0 fully saturated rings. The molecular weight excluding hydrogens is 324 g/mol. The van der Waals surface area contributed by atoms with Crippen molar-refractivity contribution in [3.63, 3.8) is 0 Å². The van der Waals surface area contributed by atoms with Gasteiger partial charge in [0.2, 0.25) is 5.91 Å². The van der Waals surface area contributed by atoms with Gasteiger partial charge in [-0.2, -0.15) is 5.10 Å². The maximum atomic E-state index is 12.6. The van der Waals surface area contributed by atoms with Crippen LogP contribution in [0.3, 0.4) is 0 Å². The molecule has 26 heavy (non-hydrogen) atoms. The molecule has 1 amide bonds. The molecule has 0 radical (unpaired) electrons. The van der Waals surface area contributed by atoms with Crippen molar-refractivity contribution in [1.82, 2.24) is 10.2 Å². The first-order chi connectivity index (χ1) is 12.6. The molecule has 0 atom stereocenters. The first-order valence-corrected chi connectivity index (χ1v) is 8.81. The van der Waals surface area contributed by atoms with E-state index in [0.29, 0.717) is 5.82 Å². The number of fused-ring (bicyclic) bond motifs is 1. The molecule has 0 saturated heterocycles. The molecule has 0 aliphatic heterocycles. The minimum Gasteiger partial charge on any atom is -0.378 e. The van der Waals surface area contributed by atoms with Gasteiger partial charge in [-0.15, -0.1) is 0 Å². The quantitative estimate of drug-likeness (QED) is 0.760. The van der Waals surface area contributed by atoms with E-state index in [9.17, 15) is 4.79 Å². The summed E-state index contributed by atoms with van der Waals surface area (Å²) in [6, 6.07) is 18.3. The van der Waals surface area contributed by atoms with Crippen molar-refractivity contribution < 1.29 is 4.79 Å². The lowest BCUT2D eigenvalue weighted by Gasteiger charge is -2.12. The molecule has 1 aromatic heterocycles. The second kappa shape index (κ2) is 6.67. The highest BCUT2D eigenvalue weighted by Gasteiger charge is 2.27. The van der Waals surface area contributed by atoms with Gasteiger partial charge in [0.1, 0.15) is 0 Å². The number of carbonyl (C=O) groups is 1. The van der Waals surface area contributed by atoms with Crippen LogP contribution in [0.15, 0.2) is 54.6 Å². The van der Waals surface area contributed by atoms with E-state index in [-0.39, 0.29) is 11.8 Å². The van der Waals surface area contributed by atoms with E-state index in [2.05, 4.69) is 44.7 Å². The predicted molar refractivity (Wildman–Crippen MR) is 104 cm³/mol. The molecule has 5 nitrogen and oxygen atoms in total.